The molecule has 0 amide bonds. The second kappa shape index (κ2) is 5.95. The van der Waals surface area contributed by atoms with Crippen molar-refractivity contribution in [2.45, 2.75) is 48.8 Å². The van der Waals surface area contributed by atoms with Gasteiger partial charge in [-0.2, -0.15) is 0 Å². The summed E-state index contributed by atoms with van der Waals surface area (Å²) in [6.07, 6.45) is -0.542. The first-order valence-corrected chi connectivity index (χ1v) is 10.3. The van der Waals surface area contributed by atoms with Crippen LogP contribution in [0.4, 0.5) is 0 Å². The smallest absolute Gasteiger partial charge is 0.219 e. The molecule has 0 saturated heterocycles. The first-order valence-electron chi connectivity index (χ1n) is 6.24. The lowest BCUT2D eigenvalue weighted by atomic mass is 10.1. The summed E-state index contributed by atoms with van der Waals surface area (Å²) < 4.78 is 4.82. The van der Waals surface area contributed by atoms with Crippen molar-refractivity contribution < 1.29 is 4.43 Å². The van der Waals surface area contributed by atoms with Crippen molar-refractivity contribution in [3.8, 4) is 0 Å². The Morgan fingerprint density at radius 1 is 1.00 bits per heavy atom. The van der Waals surface area contributed by atoms with Gasteiger partial charge in [0.2, 0.25) is 3.79 Å². The van der Waals surface area contributed by atoms with Gasteiger partial charge in [-0.25, -0.2) is 0 Å². The van der Waals surface area contributed by atoms with Gasteiger partial charge in [0.1, 0.15) is 6.10 Å². The standard InChI is InChI=1S/C14H21Cl3OSi/c1-13(2,3)19(4,5)18-12(14(15,16)17)11-9-7-6-8-10-11/h6-10,12H,1-5H3. The molecule has 1 rings (SSSR count). The Kier molecular flexibility index (Phi) is 5.42. The van der Waals surface area contributed by atoms with E-state index < -0.39 is 18.2 Å². The van der Waals surface area contributed by atoms with E-state index in [9.17, 15) is 0 Å². The van der Waals surface area contributed by atoms with Gasteiger partial charge in [-0.1, -0.05) is 85.9 Å². The summed E-state index contributed by atoms with van der Waals surface area (Å²) >= 11 is 18.4. The SMILES string of the molecule is CC(C)(C)[Si](C)(C)OC(c1ccccc1)C(Cl)(Cl)Cl. The first kappa shape index (κ1) is 17.3. The molecule has 1 nitrogen and oxygen atoms in total. The molecule has 0 bridgehead atoms. The highest BCUT2D eigenvalue weighted by atomic mass is 35.6. The fraction of sp³-hybridized carbons (Fsp3) is 0.571. The van der Waals surface area contributed by atoms with Gasteiger partial charge in [0, 0.05) is 0 Å². The Morgan fingerprint density at radius 3 is 1.84 bits per heavy atom. The first-order chi connectivity index (χ1) is 8.45. The van der Waals surface area contributed by atoms with Crippen LogP contribution in [0.2, 0.25) is 18.1 Å². The third kappa shape index (κ3) is 4.64. The van der Waals surface area contributed by atoms with Crippen LogP contribution in [0.1, 0.15) is 32.4 Å². The quantitative estimate of drug-likeness (QED) is 0.476. The second-order valence-corrected chi connectivity index (χ2v) is 13.3. The molecule has 5 heteroatoms. The molecule has 108 valence electrons. The maximum absolute atomic E-state index is 6.30. The number of hydrogen-bond donors (Lipinski definition) is 0. The molecule has 0 fully saturated rings. The zero-order chi connectivity index (χ0) is 14.9. The van der Waals surface area contributed by atoms with E-state index in [1.165, 1.54) is 0 Å². The van der Waals surface area contributed by atoms with Gasteiger partial charge in [0.25, 0.3) is 0 Å². The summed E-state index contributed by atoms with van der Waals surface area (Å²) in [5.74, 6) is 0. The topological polar surface area (TPSA) is 9.23 Å². The lowest BCUT2D eigenvalue weighted by Crippen LogP contribution is -2.44. The van der Waals surface area contributed by atoms with Crippen LogP contribution < -0.4 is 0 Å². The van der Waals surface area contributed by atoms with Crippen LogP contribution in [-0.4, -0.2) is 12.1 Å². The molecule has 0 aromatic heterocycles. The average Bonchev–Trinajstić information content (AvgIpc) is 2.24. The Hall–Kier alpha value is 0.267. The highest BCUT2D eigenvalue weighted by molar-refractivity contribution is 6.74. The van der Waals surface area contributed by atoms with Crippen LogP contribution in [0.3, 0.4) is 0 Å². The normalized spacial score (nSPS) is 15.4. The van der Waals surface area contributed by atoms with Crippen LogP contribution in [0, 0.1) is 0 Å². The number of halogens is 3. The van der Waals surface area contributed by atoms with Crippen molar-refractivity contribution in [3.63, 3.8) is 0 Å². The van der Waals surface area contributed by atoms with Gasteiger partial charge < -0.3 is 4.43 Å². The van der Waals surface area contributed by atoms with Crippen molar-refractivity contribution in [1.82, 2.24) is 0 Å². The molecule has 0 aliphatic heterocycles. The van der Waals surface area contributed by atoms with Crippen LogP contribution >= 0.6 is 34.8 Å². The monoisotopic (exact) mass is 338 g/mol. The molecule has 0 aliphatic rings. The number of rotatable bonds is 3. The van der Waals surface area contributed by atoms with Crippen molar-refractivity contribution >= 4 is 43.1 Å². The molecule has 1 unspecified atom stereocenters. The summed E-state index contributed by atoms with van der Waals surface area (Å²) in [5.41, 5.74) is 0.896. The van der Waals surface area contributed by atoms with Crippen molar-refractivity contribution in [1.29, 1.82) is 0 Å². The Morgan fingerprint density at radius 2 is 1.47 bits per heavy atom. The second-order valence-electron chi connectivity index (χ2n) is 6.21. The van der Waals surface area contributed by atoms with Gasteiger partial charge in [-0.15, -0.1) is 0 Å². The molecular formula is C14H21Cl3OSi. The van der Waals surface area contributed by atoms with E-state index in [0.717, 1.165) is 5.56 Å². The van der Waals surface area contributed by atoms with Gasteiger partial charge in [0.05, 0.1) is 0 Å². The summed E-state index contributed by atoms with van der Waals surface area (Å²) in [5, 5.41) is 0.0654. The predicted molar refractivity (Wildman–Crippen MR) is 87.8 cm³/mol. The van der Waals surface area contributed by atoms with Gasteiger partial charge >= 0.3 is 0 Å². The molecule has 1 aromatic rings. The van der Waals surface area contributed by atoms with Gasteiger partial charge in [-0.05, 0) is 23.7 Å². The molecule has 0 heterocycles. The van der Waals surface area contributed by atoms with Crippen LogP contribution in [-0.2, 0) is 4.43 Å². The zero-order valence-electron chi connectivity index (χ0n) is 12.0. The maximum atomic E-state index is 6.30. The molecule has 0 radical (unpaired) electrons. The van der Waals surface area contributed by atoms with E-state index in [-0.39, 0.29) is 5.04 Å². The number of alkyl halides is 3. The van der Waals surface area contributed by atoms with Crippen molar-refractivity contribution in [3.05, 3.63) is 35.9 Å². The van der Waals surface area contributed by atoms with E-state index in [4.69, 9.17) is 39.2 Å². The molecule has 0 spiro atoms. The summed E-state index contributed by atoms with van der Waals surface area (Å²) in [6, 6.07) is 9.64. The number of hydrogen-bond acceptors (Lipinski definition) is 1. The molecule has 19 heavy (non-hydrogen) atoms. The third-order valence-electron chi connectivity index (χ3n) is 3.62. The fourth-order valence-corrected chi connectivity index (χ4v) is 3.41. The minimum Gasteiger partial charge on any atom is -0.406 e. The van der Waals surface area contributed by atoms with Crippen LogP contribution in [0.25, 0.3) is 0 Å². The van der Waals surface area contributed by atoms with E-state index in [1.54, 1.807) is 0 Å². The molecule has 0 saturated carbocycles. The molecular weight excluding hydrogens is 319 g/mol. The van der Waals surface area contributed by atoms with Gasteiger partial charge in [-0.3, -0.25) is 0 Å². The van der Waals surface area contributed by atoms with Crippen LogP contribution in [0.5, 0.6) is 0 Å². The fourth-order valence-electron chi connectivity index (χ4n) is 1.42. The lowest BCUT2D eigenvalue weighted by Gasteiger charge is -2.41. The largest absolute Gasteiger partial charge is 0.406 e. The highest BCUT2D eigenvalue weighted by Gasteiger charge is 2.44. The molecule has 0 N–H and O–H groups in total. The maximum Gasteiger partial charge on any atom is 0.219 e. The van der Waals surface area contributed by atoms with Crippen LogP contribution in [0.15, 0.2) is 30.3 Å². The summed E-state index contributed by atoms with van der Waals surface area (Å²) in [4.78, 5) is 0. The minimum absolute atomic E-state index is 0.0654. The highest BCUT2D eigenvalue weighted by Crippen LogP contribution is 2.47. The molecule has 0 aliphatic carbocycles. The van der Waals surface area contributed by atoms with E-state index in [0.29, 0.717) is 0 Å². The Bertz CT molecular complexity index is 407. The van der Waals surface area contributed by atoms with E-state index in [2.05, 4.69) is 33.9 Å². The zero-order valence-corrected chi connectivity index (χ0v) is 15.3. The molecule has 1 aromatic carbocycles. The lowest BCUT2D eigenvalue weighted by molar-refractivity contribution is 0.187. The third-order valence-corrected chi connectivity index (χ3v) is 8.65. The van der Waals surface area contributed by atoms with E-state index in [1.807, 2.05) is 30.3 Å². The van der Waals surface area contributed by atoms with Crippen molar-refractivity contribution in [2.24, 2.45) is 0 Å². The van der Waals surface area contributed by atoms with E-state index >= 15 is 0 Å². The summed E-state index contributed by atoms with van der Waals surface area (Å²) in [6.45, 7) is 10.8. The van der Waals surface area contributed by atoms with Crippen molar-refractivity contribution in [2.75, 3.05) is 0 Å². The predicted octanol–water partition coefficient (Wildman–Crippen LogP) is 6.12. The van der Waals surface area contributed by atoms with Gasteiger partial charge in [0.15, 0.2) is 8.32 Å². The summed E-state index contributed by atoms with van der Waals surface area (Å²) in [7, 11) is -2.01. The average molecular weight is 340 g/mol. The Labute approximate surface area is 132 Å². The number of benzene rings is 1. The molecule has 1 atom stereocenters. The minimum atomic E-state index is -2.01. The Balaban J connectivity index is 3.09.